The molecule has 1 aliphatic heterocycles. The minimum absolute atomic E-state index is 0.147. The minimum Gasteiger partial charge on any atom is -0.469 e. The molecule has 0 aliphatic carbocycles. The summed E-state index contributed by atoms with van der Waals surface area (Å²) in [6, 6.07) is 11.0. The van der Waals surface area contributed by atoms with E-state index in [1.165, 1.54) is 25.3 Å². The van der Waals surface area contributed by atoms with Crippen LogP contribution in [-0.4, -0.2) is 36.8 Å². The predicted octanol–water partition coefficient (Wildman–Crippen LogP) is 1.65. The van der Waals surface area contributed by atoms with Crippen molar-refractivity contribution >= 4 is 29.4 Å². The van der Waals surface area contributed by atoms with Crippen LogP contribution < -0.4 is 16.4 Å². The summed E-state index contributed by atoms with van der Waals surface area (Å²) in [6.07, 6.45) is 0.316. The van der Waals surface area contributed by atoms with E-state index in [-0.39, 0.29) is 16.7 Å². The van der Waals surface area contributed by atoms with Crippen LogP contribution >= 0.6 is 0 Å². The van der Waals surface area contributed by atoms with E-state index >= 15 is 0 Å². The van der Waals surface area contributed by atoms with E-state index < -0.39 is 35.7 Å². The summed E-state index contributed by atoms with van der Waals surface area (Å²) in [4.78, 5) is 48.7. The molecule has 4 N–H and O–H groups in total. The van der Waals surface area contributed by atoms with E-state index in [0.717, 1.165) is 11.1 Å². The maximum absolute atomic E-state index is 12.7. The molecule has 3 rings (SSSR count). The Hall–Kier alpha value is -3.94. The molecule has 0 saturated heterocycles. The first-order valence-electron chi connectivity index (χ1n) is 9.63. The van der Waals surface area contributed by atoms with Gasteiger partial charge in [0, 0.05) is 17.3 Å². The second-order valence-corrected chi connectivity index (χ2v) is 7.37. The molecule has 31 heavy (non-hydrogen) atoms. The Morgan fingerprint density at radius 3 is 2.48 bits per heavy atom. The van der Waals surface area contributed by atoms with Crippen LogP contribution in [0.3, 0.4) is 0 Å². The molecular formula is C23H23N3O5. The summed E-state index contributed by atoms with van der Waals surface area (Å²) in [7, 11) is 1.29. The van der Waals surface area contributed by atoms with Crippen molar-refractivity contribution in [2.24, 2.45) is 11.7 Å². The molecule has 160 valence electrons. The second kappa shape index (κ2) is 8.83. The van der Waals surface area contributed by atoms with Crippen molar-refractivity contribution in [3.63, 3.8) is 0 Å². The molecule has 0 radical (unpaired) electrons. The number of carbonyl (C=O) groups excluding carboxylic acids is 4. The maximum Gasteiger partial charge on any atom is 0.311 e. The number of methoxy groups -OCH3 is 1. The van der Waals surface area contributed by atoms with Gasteiger partial charge in [-0.2, -0.15) is 0 Å². The highest BCUT2D eigenvalue weighted by molar-refractivity contribution is 6.22. The van der Waals surface area contributed by atoms with Gasteiger partial charge in [-0.1, -0.05) is 24.8 Å². The number of nitrogens with one attached hydrogen (secondary N) is 2. The second-order valence-electron chi connectivity index (χ2n) is 7.37. The largest absolute Gasteiger partial charge is 0.469 e. The summed E-state index contributed by atoms with van der Waals surface area (Å²) < 4.78 is 4.93. The van der Waals surface area contributed by atoms with Gasteiger partial charge in [0.25, 0.3) is 17.7 Å². The number of rotatable bonds is 7. The Morgan fingerprint density at radius 1 is 1.10 bits per heavy atom. The Balaban J connectivity index is 1.78. The fraction of sp³-hybridized carbons (Fsp3) is 0.217. The first-order chi connectivity index (χ1) is 14.7. The van der Waals surface area contributed by atoms with Crippen molar-refractivity contribution in [2.45, 2.75) is 19.4 Å². The summed E-state index contributed by atoms with van der Waals surface area (Å²) in [6.45, 7) is 5.42. The van der Waals surface area contributed by atoms with Crippen molar-refractivity contribution in [3.8, 4) is 0 Å². The normalized spacial score (nSPS) is 14.3. The van der Waals surface area contributed by atoms with Gasteiger partial charge in [-0.15, -0.1) is 0 Å². The molecule has 1 heterocycles. The summed E-state index contributed by atoms with van der Waals surface area (Å²) in [5.41, 5.74) is 8.34. The molecule has 0 saturated carbocycles. The number of ether oxygens (including phenoxy) is 1. The predicted molar refractivity (Wildman–Crippen MR) is 114 cm³/mol. The van der Waals surface area contributed by atoms with Gasteiger partial charge in [0.15, 0.2) is 0 Å². The monoisotopic (exact) mass is 421 g/mol. The van der Waals surface area contributed by atoms with Crippen LogP contribution in [0, 0.1) is 5.92 Å². The molecule has 0 spiro atoms. The molecule has 8 nitrogen and oxygen atoms in total. The highest BCUT2D eigenvalue weighted by atomic mass is 16.5. The third kappa shape index (κ3) is 4.63. The quantitative estimate of drug-likeness (QED) is 0.461. The molecule has 2 unspecified atom stereocenters. The molecule has 0 aromatic heterocycles. The lowest BCUT2D eigenvalue weighted by Crippen LogP contribution is -2.42. The van der Waals surface area contributed by atoms with Gasteiger partial charge in [-0.05, 0) is 48.7 Å². The average molecular weight is 421 g/mol. The smallest absolute Gasteiger partial charge is 0.311 e. The van der Waals surface area contributed by atoms with Crippen LogP contribution in [-0.2, 0) is 16.0 Å². The molecule has 2 aromatic rings. The van der Waals surface area contributed by atoms with Gasteiger partial charge in [-0.3, -0.25) is 24.5 Å². The molecule has 0 fully saturated rings. The lowest BCUT2D eigenvalue weighted by atomic mass is 9.91. The number of hydrogen-bond donors (Lipinski definition) is 3. The first kappa shape index (κ1) is 21.8. The fourth-order valence-corrected chi connectivity index (χ4v) is 3.47. The Labute approximate surface area is 179 Å². The Kier molecular flexibility index (Phi) is 6.20. The van der Waals surface area contributed by atoms with Crippen molar-refractivity contribution in [2.75, 3.05) is 7.11 Å². The van der Waals surface area contributed by atoms with Crippen LogP contribution in [0.1, 0.15) is 49.1 Å². The van der Waals surface area contributed by atoms with Crippen molar-refractivity contribution in [1.82, 2.24) is 10.6 Å². The third-order valence-corrected chi connectivity index (χ3v) is 5.22. The number of hydrogen-bond acceptors (Lipinski definition) is 6. The molecule has 2 aromatic carbocycles. The highest BCUT2D eigenvalue weighted by Crippen LogP contribution is 2.20. The lowest BCUT2D eigenvalue weighted by Gasteiger charge is -2.23. The molecule has 2 atom stereocenters. The number of carbonyl (C=O) groups is 4. The van der Waals surface area contributed by atoms with Crippen LogP contribution in [0.15, 0.2) is 49.0 Å². The SMILES string of the molecule is C=C(N)c1cccc(CC(C(=O)OC)C(C)NC(=O)c2ccc3c(c2)C(=O)NC3=O)c1. The topological polar surface area (TPSA) is 128 Å². The summed E-state index contributed by atoms with van der Waals surface area (Å²) in [5.74, 6) is -2.64. The standard InChI is InChI=1S/C23H23N3O5/c1-12(24)15-6-4-5-14(9-15)10-18(23(30)31-3)13(2)25-20(27)16-7-8-17-19(11-16)22(29)26-21(17)28/h4-9,11,13,18H,1,10,24H2,2-3H3,(H,25,27)(H,26,28,29). The summed E-state index contributed by atoms with van der Waals surface area (Å²) >= 11 is 0. The summed E-state index contributed by atoms with van der Waals surface area (Å²) in [5, 5.41) is 4.97. The van der Waals surface area contributed by atoms with Gasteiger partial charge < -0.3 is 15.8 Å². The molecule has 3 amide bonds. The average Bonchev–Trinajstić information content (AvgIpc) is 3.04. The molecule has 1 aliphatic rings. The van der Waals surface area contributed by atoms with Crippen LogP contribution in [0.25, 0.3) is 5.70 Å². The van der Waals surface area contributed by atoms with Gasteiger partial charge in [0.2, 0.25) is 0 Å². The Morgan fingerprint density at radius 2 is 1.81 bits per heavy atom. The van der Waals surface area contributed by atoms with E-state index in [1.807, 2.05) is 24.3 Å². The lowest BCUT2D eigenvalue weighted by molar-refractivity contribution is -0.146. The minimum atomic E-state index is -0.658. The van der Waals surface area contributed by atoms with Gasteiger partial charge >= 0.3 is 5.97 Å². The zero-order valence-corrected chi connectivity index (χ0v) is 17.2. The number of esters is 1. The van der Waals surface area contributed by atoms with Crippen molar-refractivity contribution < 1.29 is 23.9 Å². The van der Waals surface area contributed by atoms with Crippen LogP contribution in [0.4, 0.5) is 0 Å². The van der Waals surface area contributed by atoms with Gasteiger partial charge in [0.05, 0.1) is 24.2 Å². The van der Waals surface area contributed by atoms with Crippen LogP contribution in [0.2, 0.25) is 0 Å². The number of amides is 3. The highest BCUT2D eigenvalue weighted by Gasteiger charge is 2.30. The number of benzene rings is 2. The Bertz CT molecular complexity index is 1090. The number of fused-ring (bicyclic) bond motifs is 1. The van der Waals surface area contributed by atoms with E-state index in [1.54, 1.807) is 6.92 Å². The van der Waals surface area contributed by atoms with Gasteiger partial charge in [-0.25, -0.2) is 0 Å². The van der Waals surface area contributed by atoms with Crippen LogP contribution in [0.5, 0.6) is 0 Å². The van der Waals surface area contributed by atoms with E-state index in [9.17, 15) is 19.2 Å². The van der Waals surface area contributed by atoms with E-state index in [4.69, 9.17) is 10.5 Å². The van der Waals surface area contributed by atoms with E-state index in [2.05, 4.69) is 17.2 Å². The van der Waals surface area contributed by atoms with Gasteiger partial charge in [0.1, 0.15) is 0 Å². The van der Waals surface area contributed by atoms with Crippen molar-refractivity contribution in [1.29, 1.82) is 0 Å². The third-order valence-electron chi connectivity index (χ3n) is 5.22. The van der Waals surface area contributed by atoms with Crippen molar-refractivity contribution in [3.05, 3.63) is 76.9 Å². The number of nitrogens with two attached hydrogens (primary N) is 1. The number of imide groups is 1. The van der Waals surface area contributed by atoms with E-state index in [0.29, 0.717) is 12.1 Å². The molecule has 8 heteroatoms. The molecular weight excluding hydrogens is 398 g/mol. The zero-order chi connectivity index (χ0) is 22.7. The molecule has 0 bridgehead atoms. The fourth-order valence-electron chi connectivity index (χ4n) is 3.47. The zero-order valence-electron chi connectivity index (χ0n) is 17.2. The maximum atomic E-state index is 12.7. The first-order valence-corrected chi connectivity index (χ1v) is 9.63.